The van der Waals surface area contributed by atoms with Gasteiger partial charge in [0, 0.05) is 16.1 Å². The van der Waals surface area contributed by atoms with Gasteiger partial charge in [0.25, 0.3) is 0 Å². The number of fused-ring (bicyclic) bond motifs is 1. The highest BCUT2D eigenvalue weighted by atomic mass is 35.5. The number of ketones is 1. The number of halogens is 1. The second kappa shape index (κ2) is 2.46. The Balaban J connectivity index is 2.72. The number of carbonyl (C=O) groups excluding carboxylic acids is 1. The van der Waals surface area contributed by atoms with Gasteiger partial charge in [-0.05, 0) is 24.6 Å². The number of hydrogen-bond donors (Lipinski definition) is 0. The second-order valence-electron chi connectivity index (χ2n) is 2.86. The molecule has 0 N–H and O–H groups in total. The van der Waals surface area contributed by atoms with E-state index < -0.39 is 0 Å². The van der Waals surface area contributed by atoms with E-state index in [1.807, 2.05) is 6.08 Å². The molecule has 0 amide bonds. The minimum Gasteiger partial charge on any atom is -0.289 e. The van der Waals surface area contributed by atoms with Gasteiger partial charge in [0.05, 0.1) is 0 Å². The van der Waals surface area contributed by atoms with Gasteiger partial charge in [-0.2, -0.15) is 0 Å². The van der Waals surface area contributed by atoms with Gasteiger partial charge in [0.15, 0.2) is 5.78 Å². The molecule has 1 aliphatic carbocycles. The van der Waals surface area contributed by atoms with E-state index in [0.717, 1.165) is 16.7 Å². The van der Waals surface area contributed by atoms with E-state index >= 15 is 0 Å². The lowest BCUT2D eigenvalue weighted by Gasteiger charge is -1.97. The smallest absolute Gasteiger partial charge is 0.189 e. The minimum atomic E-state index is 0.0903. The molecular formula is C10H7ClO. The molecule has 0 radical (unpaired) electrons. The lowest BCUT2D eigenvalue weighted by atomic mass is 10.1. The average molecular weight is 179 g/mol. The highest BCUT2D eigenvalue weighted by molar-refractivity contribution is 6.34. The summed E-state index contributed by atoms with van der Waals surface area (Å²) in [6.45, 7) is 1.80. The number of benzene rings is 1. The summed E-state index contributed by atoms with van der Waals surface area (Å²) >= 11 is 5.90. The van der Waals surface area contributed by atoms with E-state index in [9.17, 15) is 4.79 Å². The first-order chi connectivity index (χ1) is 5.70. The maximum atomic E-state index is 11.4. The van der Waals surface area contributed by atoms with Crippen molar-refractivity contribution in [2.45, 2.75) is 6.92 Å². The van der Waals surface area contributed by atoms with Gasteiger partial charge < -0.3 is 0 Å². The minimum absolute atomic E-state index is 0.0903. The molecule has 60 valence electrons. The van der Waals surface area contributed by atoms with Gasteiger partial charge >= 0.3 is 0 Å². The van der Waals surface area contributed by atoms with Crippen LogP contribution < -0.4 is 0 Å². The molecule has 0 saturated carbocycles. The zero-order valence-corrected chi connectivity index (χ0v) is 7.35. The van der Waals surface area contributed by atoms with Crippen LogP contribution >= 0.6 is 11.6 Å². The third-order valence-corrected chi connectivity index (χ3v) is 2.35. The molecule has 2 heteroatoms. The fraction of sp³-hybridized carbons (Fsp3) is 0.100. The van der Waals surface area contributed by atoms with Crippen LogP contribution in [0.5, 0.6) is 0 Å². The number of allylic oxidation sites excluding steroid dienone is 1. The predicted molar refractivity (Wildman–Crippen MR) is 49.4 cm³/mol. The number of carbonyl (C=O) groups is 1. The van der Waals surface area contributed by atoms with Crippen LogP contribution in [0.15, 0.2) is 23.8 Å². The first kappa shape index (κ1) is 7.56. The summed E-state index contributed by atoms with van der Waals surface area (Å²) in [5.41, 5.74) is 2.35. The molecule has 12 heavy (non-hydrogen) atoms. The Bertz CT molecular complexity index is 391. The van der Waals surface area contributed by atoms with Gasteiger partial charge in [-0.15, -0.1) is 0 Å². The normalized spacial score (nSPS) is 14.5. The van der Waals surface area contributed by atoms with Crippen molar-refractivity contribution in [3.63, 3.8) is 0 Å². The summed E-state index contributed by atoms with van der Waals surface area (Å²) in [4.78, 5) is 11.4. The van der Waals surface area contributed by atoms with Crippen molar-refractivity contribution in [1.82, 2.24) is 0 Å². The van der Waals surface area contributed by atoms with Crippen molar-refractivity contribution in [2.24, 2.45) is 0 Å². The Morgan fingerprint density at radius 2 is 2.08 bits per heavy atom. The molecule has 1 aromatic carbocycles. The van der Waals surface area contributed by atoms with Crippen molar-refractivity contribution in [1.29, 1.82) is 0 Å². The Labute approximate surface area is 75.7 Å². The molecule has 0 bridgehead atoms. The number of rotatable bonds is 0. The largest absolute Gasteiger partial charge is 0.289 e. The first-order valence-electron chi connectivity index (χ1n) is 3.71. The van der Waals surface area contributed by atoms with Gasteiger partial charge in [-0.3, -0.25) is 4.79 Å². The van der Waals surface area contributed by atoms with Crippen LogP contribution in [0.3, 0.4) is 0 Å². The SMILES string of the molecule is CC1=Cc2c(Cl)cccc2C1=O. The summed E-state index contributed by atoms with van der Waals surface area (Å²) in [6, 6.07) is 5.39. The average Bonchev–Trinajstić information content (AvgIpc) is 2.32. The van der Waals surface area contributed by atoms with Gasteiger partial charge in [-0.1, -0.05) is 23.7 Å². The van der Waals surface area contributed by atoms with Crippen molar-refractivity contribution < 1.29 is 4.79 Å². The molecule has 0 heterocycles. The molecule has 0 aromatic heterocycles. The molecule has 0 saturated heterocycles. The van der Waals surface area contributed by atoms with Crippen LogP contribution in [-0.4, -0.2) is 5.78 Å². The van der Waals surface area contributed by atoms with Crippen molar-refractivity contribution in [3.05, 3.63) is 39.9 Å². The fourth-order valence-corrected chi connectivity index (χ4v) is 1.61. The van der Waals surface area contributed by atoms with E-state index in [2.05, 4.69) is 0 Å². The molecule has 2 rings (SSSR count). The molecular weight excluding hydrogens is 172 g/mol. The molecule has 0 aliphatic heterocycles. The predicted octanol–water partition coefficient (Wildman–Crippen LogP) is 2.94. The van der Waals surface area contributed by atoms with E-state index in [4.69, 9.17) is 11.6 Å². The maximum absolute atomic E-state index is 11.4. The number of hydrogen-bond acceptors (Lipinski definition) is 1. The van der Waals surface area contributed by atoms with Crippen LogP contribution in [0.4, 0.5) is 0 Å². The van der Waals surface area contributed by atoms with Crippen LogP contribution in [0.2, 0.25) is 5.02 Å². The zero-order chi connectivity index (χ0) is 8.72. The molecule has 0 spiro atoms. The van der Waals surface area contributed by atoms with Crippen LogP contribution in [-0.2, 0) is 0 Å². The van der Waals surface area contributed by atoms with Crippen LogP contribution in [0, 0.1) is 0 Å². The zero-order valence-electron chi connectivity index (χ0n) is 6.60. The second-order valence-corrected chi connectivity index (χ2v) is 3.26. The third kappa shape index (κ3) is 0.901. The highest BCUT2D eigenvalue weighted by Crippen LogP contribution is 2.30. The van der Waals surface area contributed by atoms with Gasteiger partial charge in [0.2, 0.25) is 0 Å². The fourth-order valence-electron chi connectivity index (χ4n) is 1.38. The molecule has 0 atom stereocenters. The molecule has 1 aromatic rings. The number of Topliss-reactive ketones (excluding diaryl/α,β-unsaturated/α-hetero) is 1. The van der Waals surface area contributed by atoms with Crippen molar-refractivity contribution in [2.75, 3.05) is 0 Å². The molecule has 1 nitrogen and oxygen atoms in total. The van der Waals surface area contributed by atoms with E-state index in [0.29, 0.717) is 5.02 Å². The lowest BCUT2D eigenvalue weighted by molar-refractivity contribution is 0.103. The Kier molecular flexibility index (Phi) is 1.55. The Morgan fingerprint density at radius 1 is 1.33 bits per heavy atom. The molecule has 0 unspecified atom stereocenters. The standard InChI is InChI=1S/C10H7ClO/c1-6-5-8-7(10(6)12)3-2-4-9(8)11/h2-5H,1H3. The van der Waals surface area contributed by atoms with E-state index in [-0.39, 0.29) is 5.78 Å². The summed E-state index contributed by atoms with van der Waals surface area (Å²) < 4.78 is 0. The van der Waals surface area contributed by atoms with E-state index in [1.165, 1.54) is 0 Å². The summed E-state index contributed by atoms with van der Waals surface area (Å²) in [7, 11) is 0. The molecule has 0 fully saturated rings. The van der Waals surface area contributed by atoms with Crippen molar-refractivity contribution in [3.8, 4) is 0 Å². The van der Waals surface area contributed by atoms with Crippen LogP contribution in [0.25, 0.3) is 6.08 Å². The topological polar surface area (TPSA) is 17.1 Å². The summed E-state index contributed by atoms with van der Waals surface area (Å²) in [5.74, 6) is 0.0903. The maximum Gasteiger partial charge on any atom is 0.189 e. The summed E-state index contributed by atoms with van der Waals surface area (Å²) in [5, 5.41) is 0.651. The third-order valence-electron chi connectivity index (χ3n) is 2.02. The monoisotopic (exact) mass is 178 g/mol. The quantitative estimate of drug-likeness (QED) is 0.597. The first-order valence-corrected chi connectivity index (χ1v) is 4.09. The highest BCUT2D eigenvalue weighted by Gasteiger charge is 2.20. The molecule has 1 aliphatic rings. The van der Waals surface area contributed by atoms with Crippen LogP contribution in [0.1, 0.15) is 22.8 Å². The van der Waals surface area contributed by atoms with E-state index in [1.54, 1.807) is 25.1 Å². The Hall–Kier alpha value is -1.08. The Morgan fingerprint density at radius 3 is 2.75 bits per heavy atom. The lowest BCUT2D eigenvalue weighted by Crippen LogP contribution is -1.94. The summed E-state index contributed by atoms with van der Waals surface area (Å²) in [6.07, 6.45) is 1.83. The van der Waals surface area contributed by atoms with Gasteiger partial charge in [-0.25, -0.2) is 0 Å². The van der Waals surface area contributed by atoms with Crippen molar-refractivity contribution >= 4 is 23.5 Å². The van der Waals surface area contributed by atoms with Gasteiger partial charge in [0.1, 0.15) is 0 Å².